The third-order valence-electron chi connectivity index (χ3n) is 3.50. The minimum Gasteiger partial charge on any atom is -0.462 e. The lowest BCUT2D eigenvalue weighted by Gasteiger charge is -2.06. The lowest BCUT2D eigenvalue weighted by Crippen LogP contribution is -2.08. The van der Waals surface area contributed by atoms with Crippen molar-refractivity contribution < 1.29 is 9.53 Å². The van der Waals surface area contributed by atoms with Crippen LogP contribution in [0.25, 0.3) is 21.8 Å². The van der Waals surface area contributed by atoms with Crippen LogP contribution in [0.3, 0.4) is 0 Å². The largest absolute Gasteiger partial charge is 0.462 e. The molecule has 0 spiro atoms. The molecule has 6 nitrogen and oxygen atoms in total. The quantitative estimate of drug-likeness (QED) is 0.475. The number of aromatic amines is 2. The van der Waals surface area contributed by atoms with Crippen molar-refractivity contribution in [1.29, 1.82) is 0 Å². The average molecular weight is 368 g/mol. The summed E-state index contributed by atoms with van der Waals surface area (Å²) in [4.78, 5) is 31.1. The number of H-pyrrole nitrogens is 2. The fourth-order valence-corrected chi connectivity index (χ4v) is 3.26. The molecule has 2 heterocycles. The molecule has 0 radical (unpaired) electrons. The summed E-state index contributed by atoms with van der Waals surface area (Å²) in [6, 6.07) is 5.74. The number of pyridine rings is 1. The van der Waals surface area contributed by atoms with E-state index in [2.05, 4.69) is 9.97 Å². The maximum Gasteiger partial charge on any atom is 0.340 e. The zero-order chi connectivity index (χ0) is 16.4. The van der Waals surface area contributed by atoms with E-state index in [1.807, 2.05) is 18.2 Å². The van der Waals surface area contributed by atoms with Crippen LogP contribution in [0.5, 0.6) is 0 Å². The molecule has 0 aliphatic carbocycles. The van der Waals surface area contributed by atoms with E-state index < -0.39 is 5.97 Å². The Morgan fingerprint density at radius 2 is 2.17 bits per heavy atom. The monoisotopic (exact) mass is 367 g/mol. The average Bonchev–Trinajstić information content (AvgIpc) is 2.99. The van der Waals surface area contributed by atoms with Gasteiger partial charge in [-0.15, -0.1) is 24.2 Å². The van der Waals surface area contributed by atoms with Gasteiger partial charge in [0.05, 0.1) is 12.2 Å². The number of aromatic nitrogens is 2. The predicted molar refractivity (Wildman–Crippen MR) is 99.4 cm³/mol. The van der Waals surface area contributed by atoms with Crippen molar-refractivity contribution in [2.45, 2.75) is 11.8 Å². The molecule has 0 bridgehead atoms. The van der Waals surface area contributed by atoms with Crippen molar-refractivity contribution in [2.24, 2.45) is 5.73 Å². The van der Waals surface area contributed by atoms with Crippen molar-refractivity contribution in [2.75, 3.05) is 18.9 Å². The van der Waals surface area contributed by atoms with Gasteiger partial charge in [-0.3, -0.25) is 4.79 Å². The number of carbonyl (C=O) groups excluding carboxylic acids is 1. The van der Waals surface area contributed by atoms with Gasteiger partial charge in [0, 0.05) is 39.7 Å². The lowest BCUT2D eigenvalue weighted by molar-refractivity contribution is 0.0529. The Bertz CT molecular complexity index is 935. The van der Waals surface area contributed by atoms with Crippen molar-refractivity contribution >= 4 is 51.9 Å². The first kappa shape index (κ1) is 18.4. The van der Waals surface area contributed by atoms with Gasteiger partial charge in [0.15, 0.2) is 0 Å². The molecule has 24 heavy (non-hydrogen) atoms. The number of benzene rings is 1. The van der Waals surface area contributed by atoms with Gasteiger partial charge < -0.3 is 20.4 Å². The molecule has 8 heteroatoms. The van der Waals surface area contributed by atoms with Gasteiger partial charge in [-0.1, -0.05) is 0 Å². The van der Waals surface area contributed by atoms with Gasteiger partial charge in [0.1, 0.15) is 5.52 Å². The van der Waals surface area contributed by atoms with Crippen LogP contribution in [0.2, 0.25) is 0 Å². The SMILES string of the molecule is CCOC(=O)c1c[nH]c2c(=O)[nH]c3ccc(SCCN)cc3c12.Cl. The lowest BCUT2D eigenvalue weighted by atomic mass is 10.1. The van der Waals surface area contributed by atoms with Crippen LogP contribution < -0.4 is 11.3 Å². The second-order valence-corrected chi connectivity index (χ2v) is 6.14. The van der Waals surface area contributed by atoms with Crippen LogP contribution in [0.4, 0.5) is 0 Å². The van der Waals surface area contributed by atoms with Gasteiger partial charge >= 0.3 is 5.97 Å². The summed E-state index contributed by atoms with van der Waals surface area (Å²) in [6.07, 6.45) is 1.52. The van der Waals surface area contributed by atoms with E-state index >= 15 is 0 Å². The number of esters is 1. The minimum absolute atomic E-state index is 0. The smallest absolute Gasteiger partial charge is 0.340 e. The Morgan fingerprint density at radius 1 is 1.38 bits per heavy atom. The van der Waals surface area contributed by atoms with E-state index in [0.717, 1.165) is 16.0 Å². The minimum atomic E-state index is -0.439. The number of hydrogen-bond acceptors (Lipinski definition) is 5. The molecule has 3 rings (SSSR count). The molecule has 0 aliphatic heterocycles. The first-order valence-electron chi connectivity index (χ1n) is 7.32. The van der Waals surface area contributed by atoms with E-state index in [9.17, 15) is 9.59 Å². The summed E-state index contributed by atoms with van der Waals surface area (Å²) < 4.78 is 5.09. The summed E-state index contributed by atoms with van der Waals surface area (Å²) in [7, 11) is 0. The van der Waals surface area contributed by atoms with Crippen molar-refractivity contribution in [3.63, 3.8) is 0 Å². The predicted octanol–water partition coefficient (Wildman–Crippen LogP) is 2.66. The van der Waals surface area contributed by atoms with Crippen molar-refractivity contribution in [3.05, 3.63) is 40.3 Å². The molecule has 0 unspecified atom stereocenters. The summed E-state index contributed by atoms with van der Waals surface area (Å²) >= 11 is 1.63. The Morgan fingerprint density at radius 3 is 2.88 bits per heavy atom. The summed E-state index contributed by atoms with van der Waals surface area (Å²) in [5.74, 6) is 0.362. The highest BCUT2D eigenvalue weighted by Crippen LogP contribution is 2.29. The molecule has 0 saturated carbocycles. The number of nitrogens with two attached hydrogens (primary N) is 1. The number of rotatable bonds is 5. The van der Waals surface area contributed by atoms with Crippen LogP contribution in [0.1, 0.15) is 17.3 Å². The first-order valence-corrected chi connectivity index (χ1v) is 8.31. The molecule has 0 saturated heterocycles. The number of carbonyl (C=O) groups is 1. The molecule has 0 amide bonds. The van der Waals surface area contributed by atoms with E-state index in [0.29, 0.717) is 28.5 Å². The zero-order valence-corrected chi connectivity index (χ0v) is 14.7. The highest BCUT2D eigenvalue weighted by Gasteiger charge is 2.18. The number of halogens is 1. The number of nitrogens with one attached hydrogen (secondary N) is 2. The van der Waals surface area contributed by atoms with Crippen LogP contribution in [-0.2, 0) is 4.74 Å². The summed E-state index contributed by atoms with van der Waals surface area (Å²) in [6.45, 7) is 2.62. The normalized spacial score (nSPS) is 10.8. The maximum absolute atomic E-state index is 12.2. The highest BCUT2D eigenvalue weighted by molar-refractivity contribution is 7.99. The Hall–Kier alpha value is -1.96. The Balaban J connectivity index is 0.00000208. The number of fused-ring (bicyclic) bond motifs is 3. The van der Waals surface area contributed by atoms with Gasteiger partial charge in [-0.2, -0.15) is 0 Å². The second-order valence-electron chi connectivity index (χ2n) is 4.97. The molecule has 0 aliphatic rings. The third-order valence-corrected chi connectivity index (χ3v) is 4.52. The van der Waals surface area contributed by atoms with Gasteiger partial charge in [0.25, 0.3) is 5.56 Å². The number of thioether (sulfide) groups is 1. The van der Waals surface area contributed by atoms with Crippen LogP contribution in [-0.4, -0.2) is 34.8 Å². The number of ether oxygens (including phenoxy) is 1. The number of hydrogen-bond donors (Lipinski definition) is 3. The van der Waals surface area contributed by atoms with E-state index in [4.69, 9.17) is 10.5 Å². The van der Waals surface area contributed by atoms with Crippen molar-refractivity contribution in [3.8, 4) is 0 Å². The molecular formula is C16H18ClN3O3S. The topological polar surface area (TPSA) is 101 Å². The fraction of sp³-hybridized carbons (Fsp3) is 0.250. The Labute approximate surface area is 148 Å². The van der Waals surface area contributed by atoms with Gasteiger partial charge in [0.2, 0.25) is 0 Å². The third kappa shape index (κ3) is 3.28. The Kier molecular flexibility index (Phi) is 5.93. The summed E-state index contributed by atoms with van der Waals surface area (Å²) in [5, 5.41) is 1.41. The van der Waals surface area contributed by atoms with Gasteiger partial charge in [-0.05, 0) is 25.1 Å². The van der Waals surface area contributed by atoms with Crippen LogP contribution in [0.15, 0.2) is 34.1 Å². The molecular weight excluding hydrogens is 350 g/mol. The van der Waals surface area contributed by atoms with Crippen LogP contribution >= 0.6 is 24.2 Å². The standard InChI is InChI=1S/C16H17N3O3S.ClH/c1-2-22-16(21)11-8-18-14-13(11)10-7-9(23-6-5-17)3-4-12(10)19-15(14)20;/h3-4,7-8,18H,2,5-6,17H2,1H3,(H,19,20);1H. The molecule has 3 aromatic rings. The molecule has 4 N–H and O–H groups in total. The van der Waals surface area contributed by atoms with Crippen LogP contribution in [0, 0.1) is 0 Å². The maximum atomic E-state index is 12.2. The fourth-order valence-electron chi connectivity index (χ4n) is 2.54. The molecule has 128 valence electrons. The molecule has 0 fully saturated rings. The highest BCUT2D eigenvalue weighted by atomic mass is 35.5. The van der Waals surface area contributed by atoms with E-state index in [1.165, 1.54) is 6.20 Å². The molecule has 0 atom stereocenters. The summed E-state index contributed by atoms with van der Waals surface area (Å²) in [5.41, 5.74) is 6.72. The second kappa shape index (κ2) is 7.74. The van der Waals surface area contributed by atoms with E-state index in [-0.39, 0.29) is 24.6 Å². The van der Waals surface area contributed by atoms with Crippen molar-refractivity contribution in [1.82, 2.24) is 9.97 Å². The van der Waals surface area contributed by atoms with Gasteiger partial charge in [-0.25, -0.2) is 4.79 Å². The first-order chi connectivity index (χ1) is 11.2. The zero-order valence-electron chi connectivity index (χ0n) is 13.0. The molecule has 2 aromatic heterocycles. The van der Waals surface area contributed by atoms with E-state index in [1.54, 1.807) is 18.7 Å². The molecule has 1 aromatic carbocycles.